The van der Waals surface area contributed by atoms with Gasteiger partial charge in [0.25, 0.3) is 11.8 Å². The number of rotatable bonds is 30. The largest absolute Gasteiger partial charge is 0.307 e. The first-order valence-electron chi connectivity index (χ1n) is 33.4. The van der Waals surface area contributed by atoms with Gasteiger partial charge in [-0.05, 0) is 137 Å². The summed E-state index contributed by atoms with van der Waals surface area (Å²) in [6.07, 6.45) is 29.2. The zero-order valence-electron chi connectivity index (χ0n) is 51.1. The number of nitrogens with zero attached hydrogens (tertiary/aromatic N) is 2. The van der Waals surface area contributed by atoms with Crippen LogP contribution < -0.4 is 9.80 Å². The molecule has 2 amide bonds. The van der Waals surface area contributed by atoms with Gasteiger partial charge in [0, 0.05) is 24.2 Å². The molecule has 4 nitrogen and oxygen atoms in total. The van der Waals surface area contributed by atoms with Gasteiger partial charge in [-0.1, -0.05) is 290 Å². The molecule has 0 bridgehead atoms. The average Bonchev–Trinajstić information content (AvgIpc) is 1.49. The highest BCUT2D eigenvalue weighted by molar-refractivity contribution is 6.50. The number of carbonyl (C=O) groups is 2. The fourth-order valence-electron chi connectivity index (χ4n) is 15.1. The van der Waals surface area contributed by atoms with Crippen LogP contribution in [0, 0.1) is 11.8 Å². The first kappa shape index (κ1) is 57.4. The monoisotopic (exact) mass is 1110 g/mol. The predicted octanol–water partition coefficient (Wildman–Crippen LogP) is 23.1. The van der Waals surface area contributed by atoms with Gasteiger partial charge in [-0.2, -0.15) is 0 Å². The maximum Gasteiger partial charge on any atom is 0.259 e. The van der Waals surface area contributed by atoms with Crippen molar-refractivity contribution in [2.75, 3.05) is 22.9 Å². The Bertz CT molecular complexity index is 3670. The van der Waals surface area contributed by atoms with E-state index >= 15 is 9.59 Å². The summed E-state index contributed by atoms with van der Waals surface area (Å²) in [7, 11) is 0. The lowest BCUT2D eigenvalue weighted by Crippen LogP contribution is -2.34. The van der Waals surface area contributed by atoms with Gasteiger partial charge in [0.1, 0.15) is 0 Å². The quantitative estimate of drug-likeness (QED) is 0.0256. The summed E-state index contributed by atoms with van der Waals surface area (Å²) >= 11 is 0. The van der Waals surface area contributed by atoms with Gasteiger partial charge in [-0.15, -0.1) is 0 Å². The van der Waals surface area contributed by atoms with E-state index in [1.54, 1.807) is 0 Å². The summed E-state index contributed by atoms with van der Waals surface area (Å²) < 4.78 is 0. The molecule has 0 N–H and O–H groups in total. The zero-order chi connectivity index (χ0) is 57.5. The van der Waals surface area contributed by atoms with Crippen molar-refractivity contribution in [3.8, 4) is 22.3 Å². The fourth-order valence-corrected chi connectivity index (χ4v) is 15.1. The number of hydrogen-bond donors (Lipinski definition) is 0. The fraction of sp³-hybridized carbons (Fsp3) is 0.400. The molecular formula is C80H90N2O2. The summed E-state index contributed by atoms with van der Waals surface area (Å²) in [5.74, 6) is 0.681. The summed E-state index contributed by atoms with van der Waals surface area (Å²) in [4.78, 5) is 36.7. The van der Waals surface area contributed by atoms with Gasteiger partial charge in [0.2, 0.25) is 0 Å². The van der Waals surface area contributed by atoms with Crippen molar-refractivity contribution in [2.45, 2.75) is 182 Å². The molecule has 0 saturated heterocycles. The molecule has 4 heteroatoms. The third kappa shape index (κ3) is 11.5. The van der Waals surface area contributed by atoms with Crippen LogP contribution in [-0.2, 0) is 9.59 Å². The third-order valence-electron chi connectivity index (χ3n) is 19.7. The minimum atomic E-state index is -0.0192. The SMILES string of the molecule is CCCCCCCCC(CCCCCC)CN1C(=O)/C(=C2/C(=O)N(CC(CCCCCC)CCCCCCCC)c3cc(-c4ccc5ccc6cccc7ccc4c5c67)ccc32)c2ccc(-c3ccc4ccc5cccc6ccc3c4c56)cc21. The van der Waals surface area contributed by atoms with E-state index in [1.165, 1.54) is 204 Å². The third-order valence-corrected chi connectivity index (χ3v) is 19.7. The Hall–Kier alpha value is -7.04. The highest BCUT2D eigenvalue weighted by Crippen LogP contribution is 2.51. The number of unbranched alkanes of at least 4 members (excludes halogenated alkanes) is 16. The lowest BCUT2D eigenvalue weighted by Gasteiger charge is -2.25. The van der Waals surface area contributed by atoms with Crippen LogP contribution in [0.3, 0.4) is 0 Å². The van der Waals surface area contributed by atoms with E-state index in [0.717, 1.165) is 59.3 Å². The van der Waals surface area contributed by atoms with E-state index in [1.807, 2.05) is 0 Å². The smallest absolute Gasteiger partial charge is 0.259 e. The Morgan fingerprint density at radius 3 is 0.976 bits per heavy atom. The van der Waals surface area contributed by atoms with Crippen LogP contribution in [-0.4, -0.2) is 24.9 Å². The molecule has 12 rings (SSSR count). The molecule has 0 fully saturated rings. The first-order valence-corrected chi connectivity index (χ1v) is 33.4. The van der Waals surface area contributed by atoms with Crippen LogP contribution in [0.4, 0.5) is 11.4 Å². The molecule has 2 heterocycles. The topological polar surface area (TPSA) is 40.6 Å². The second kappa shape index (κ2) is 26.5. The highest BCUT2D eigenvalue weighted by Gasteiger charge is 2.43. The van der Waals surface area contributed by atoms with Gasteiger partial charge in [-0.3, -0.25) is 9.59 Å². The summed E-state index contributed by atoms with van der Waals surface area (Å²) in [6, 6.07) is 54.1. The van der Waals surface area contributed by atoms with Crippen LogP contribution in [0.2, 0.25) is 0 Å². The molecule has 0 aliphatic carbocycles. The molecule has 10 aromatic rings. The van der Waals surface area contributed by atoms with Crippen LogP contribution in [0.25, 0.3) is 98.0 Å². The van der Waals surface area contributed by atoms with Crippen LogP contribution >= 0.6 is 0 Å². The number of hydrogen-bond acceptors (Lipinski definition) is 2. The predicted molar refractivity (Wildman–Crippen MR) is 363 cm³/mol. The Balaban J connectivity index is 0.997. The van der Waals surface area contributed by atoms with Crippen LogP contribution in [0.5, 0.6) is 0 Å². The van der Waals surface area contributed by atoms with Gasteiger partial charge in [0.05, 0.1) is 22.5 Å². The molecule has 2 unspecified atom stereocenters. The molecule has 0 radical (unpaired) electrons. The number of fused-ring (bicyclic) bond motifs is 2. The Labute approximate surface area is 501 Å². The molecular weight excluding hydrogens is 1020 g/mol. The van der Waals surface area contributed by atoms with E-state index in [0.29, 0.717) is 36.1 Å². The van der Waals surface area contributed by atoms with Crippen molar-refractivity contribution in [3.63, 3.8) is 0 Å². The molecule has 0 saturated carbocycles. The first-order chi connectivity index (χ1) is 41.4. The van der Waals surface area contributed by atoms with Crippen molar-refractivity contribution >= 4 is 99.0 Å². The number of carbonyl (C=O) groups excluding carboxylic acids is 2. The van der Waals surface area contributed by atoms with Crippen molar-refractivity contribution < 1.29 is 9.59 Å². The molecule has 0 spiro atoms. The maximum atomic E-state index is 16.2. The van der Waals surface area contributed by atoms with Crippen LogP contribution in [0.15, 0.2) is 146 Å². The van der Waals surface area contributed by atoms with Gasteiger partial charge in [-0.25, -0.2) is 0 Å². The van der Waals surface area contributed by atoms with E-state index in [2.05, 4.69) is 183 Å². The Kier molecular flexibility index (Phi) is 18.1. The standard InChI is InChI=1S/C80H90N2O2/c1-5-9-13-17-19-23-29-55(27-21-15-11-7-3)53-81-71-51-63(65-45-39-61-37-35-57-31-25-33-59-41-47-67(65)75(61)73(57)59)43-49-69(71)77(79(81)83)78-70-50-44-64(66-46-40-62-38-36-58-32-26-34-60-42-48-68(66)76(62)74(58)60)52-72(70)82(80(78)84)54-56(28-22-16-12-8-4)30-24-20-18-14-10-6-2/h25-26,31-52,55-56H,5-24,27-30,53-54H2,1-4H3/b78-77+. The molecule has 432 valence electrons. The summed E-state index contributed by atoms with van der Waals surface area (Å²) in [5, 5.41) is 15.1. The Morgan fingerprint density at radius 1 is 0.310 bits per heavy atom. The lowest BCUT2D eigenvalue weighted by molar-refractivity contribution is -0.114. The second-order valence-corrected chi connectivity index (χ2v) is 25.5. The summed E-state index contributed by atoms with van der Waals surface area (Å²) in [6.45, 7) is 10.5. The van der Waals surface area contributed by atoms with Crippen molar-refractivity contribution in [1.82, 2.24) is 0 Å². The van der Waals surface area contributed by atoms with E-state index in [-0.39, 0.29) is 11.8 Å². The average molecular weight is 1110 g/mol. The van der Waals surface area contributed by atoms with E-state index < -0.39 is 0 Å². The number of benzene rings is 10. The minimum absolute atomic E-state index is 0.0192. The molecule has 2 aliphatic rings. The second-order valence-electron chi connectivity index (χ2n) is 25.5. The molecule has 10 aromatic carbocycles. The van der Waals surface area contributed by atoms with Crippen molar-refractivity contribution in [1.29, 1.82) is 0 Å². The lowest BCUT2D eigenvalue weighted by atomic mass is 9.88. The zero-order valence-corrected chi connectivity index (χ0v) is 51.1. The van der Waals surface area contributed by atoms with Gasteiger partial charge < -0.3 is 9.80 Å². The van der Waals surface area contributed by atoms with Gasteiger partial charge in [0.15, 0.2) is 0 Å². The number of amides is 2. The normalized spacial score (nSPS) is 15.2. The Morgan fingerprint density at radius 2 is 0.607 bits per heavy atom. The van der Waals surface area contributed by atoms with Crippen molar-refractivity contribution in [3.05, 3.63) is 157 Å². The summed E-state index contributed by atoms with van der Waals surface area (Å²) in [5.41, 5.74) is 9.37. The van der Waals surface area contributed by atoms with Gasteiger partial charge >= 0.3 is 0 Å². The van der Waals surface area contributed by atoms with Crippen molar-refractivity contribution in [2.24, 2.45) is 11.8 Å². The van der Waals surface area contributed by atoms with E-state index in [4.69, 9.17) is 0 Å². The molecule has 84 heavy (non-hydrogen) atoms. The highest BCUT2D eigenvalue weighted by atomic mass is 16.2. The van der Waals surface area contributed by atoms with E-state index in [9.17, 15) is 0 Å². The minimum Gasteiger partial charge on any atom is -0.307 e. The molecule has 2 atom stereocenters. The molecule has 2 aliphatic heterocycles. The van der Waals surface area contributed by atoms with Crippen LogP contribution in [0.1, 0.15) is 193 Å². The molecule has 0 aromatic heterocycles. The number of anilines is 2. The maximum absolute atomic E-state index is 16.2.